The Morgan fingerprint density at radius 1 is 1.25 bits per heavy atom. The molecule has 1 aliphatic carbocycles. The van der Waals surface area contributed by atoms with E-state index in [0.717, 1.165) is 28.3 Å². The van der Waals surface area contributed by atoms with Crippen LogP contribution in [0.5, 0.6) is 0 Å². The van der Waals surface area contributed by atoms with Gasteiger partial charge in [0.1, 0.15) is 11.3 Å². The normalized spacial score (nSPS) is 23.0. The van der Waals surface area contributed by atoms with Crippen molar-refractivity contribution in [2.45, 2.75) is 45.1 Å². The van der Waals surface area contributed by atoms with Gasteiger partial charge < -0.3 is 9.73 Å². The molecular weight excluding hydrogens is 270 g/mol. The molecule has 0 radical (unpaired) electrons. The van der Waals surface area contributed by atoms with Gasteiger partial charge in [-0.05, 0) is 70.3 Å². The van der Waals surface area contributed by atoms with Gasteiger partial charge in [0.2, 0.25) is 0 Å². The van der Waals surface area contributed by atoms with Crippen LogP contribution < -0.4 is 5.32 Å². The van der Waals surface area contributed by atoms with Crippen LogP contribution in [0.3, 0.4) is 0 Å². The number of furan rings is 1. The number of hydrogen-bond acceptors (Lipinski definition) is 2. The van der Waals surface area contributed by atoms with E-state index in [4.69, 9.17) is 16.0 Å². The zero-order valence-electron chi connectivity index (χ0n) is 12.4. The van der Waals surface area contributed by atoms with Crippen LogP contribution in [0.4, 0.5) is 0 Å². The number of nitrogens with one attached hydrogen (secondary N) is 1. The van der Waals surface area contributed by atoms with E-state index in [-0.39, 0.29) is 5.54 Å². The highest BCUT2D eigenvalue weighted by atomic mass is 35.5. The highest BCUT2D eigenvalue weighted by molar-refractivity contribution is 6.31. The maximum absolute atomic E-state index is 6.03. The van der Waals surface area contributed by atoms with E-state index in [2.05, 4.69) is 32.2 Å². The van der Waals surface area contributed by atoms with Crippen LogP contribution in [0.1, 0.15) is 45.3 Å². The summed E-state index contributed by atoms with van der Waals surface area (Å²) in [6, 6.07) is 7.99. The summed E-state index contributed by atoms with van der Waals surface area (Å²) in [5.41, 5.74) is 1.13. The number of benzene rings is 1. The molecule has 0 amide bonds. The van der Waals surface area contributed by atoms with Crippen molar-refractivity contribution in [1.82, 2.24) is 5.32 Å². The third-order valence-electron chi connectivity index (χ3n) is 4.17. The van der Waals surface area contributed by atoms with E-state index >= 15 is 0 Å². The molecule has 3 heteroatoms. The van der Waals surface area contributed by atoms with Gasteiger partial charge in [-0.25, -0.2) is 0 Å². The quantitative estimate of drug-likeness (QED) is 0.864. The lowest BCUT2D eigenvalue weighted by Crippen LogP contribution is -2.42. The molecule has 0 bridgehead atoms. The van der Waals surface area contributed by atoms with E-state index in [1.54, 1.807) is 0 Å². The fourth-order valence-corrected chi connectivity index (χ4v) is 3.02. The summed E-state index contributed by atoms with van der Waals surface area (Å²) in [5.74, 6) is 2.36. The largest absolute Gasteiger partial charge is 0.461 e. The number of hydrogen-bond donors (Lipinski definition) is 1. The number of halogens is 1. The first-order valence-corrected chi connectivity index (χ1v) is 7.74. The summed E-state index contributed by atoms with van der Waals surface area (Å²) >= 11 is 6.03. The lowest BCUT2D eigenvalue weighted by Gasteiger charge is -2.37. The smallest absolute Gasteiger partial charge is 0.134 e. The van der Waals surface area contributed by atoms with E-state index in [9.17, 15) is 0 Å². The summed E-state index contributed by atoms with van der Waals surface area (Å²) in [5, 5.41) is 5.48. The molecule has 1 aliphatic rings. The van der Waals surface area contributed by atoms with Crippen molar-refractivity contribution < 1.29 is 4.42 Å². The first-order valence-electron chi connectivity index (χ1n) is 7.36. The third-order valence-corrected chi connectivity index (χ3v) is 4.41. The maximum atomic E-state index is 6.03. The molecular formula is C17H22ClNO. The molecule has 1 aromatic carbocycles. The molecule has 1 heterocycles. The van der Waals surface area contributed by atoms with Gasteiger partial charge in [-0.15, -0.1) is 0 Å². The standard InChI is InChI=1S/C17H22ClNO/c1-17(2,3)19-10-11-4-6-14(11)16-9-12-8-13(18)5-7-15(12)20-16/h5,7-9,11,14,19H,4,6,10H2,1-3H3. The maximum Gasteiger partial charge on any atom is 0.134 e. The van der Waals surface area contributed by atoms with Crippen molar-refractivity contribution in [3.8, 4) is 0 Å². The van der Waals surface area contributed by atoms with Crippen molar-refractivity contribution >= 4 is 22.6 Å². The molecule has 1 fully saturated rings. The molecule has 2 aromatic rings. The SMILES string of the molecule is CC(C)(C)NCC1CCC1c1cc2cc(Cl)ccc2o1. The molecule has 20 heavy (non-hydrogen) atoms. The Bertz CT molecular complexity index is 611. The molecule has 0 saturated heterocycles. The van der Waals surface area contributed by atoms with E-state index in [0.29, 0.717) is 11.8 Å². The molecule has 1 N–H and O–H groups in total. The second-order valence-corrected chi connectivity index (χ2v) is 7.34. The molecule has 108 valence electrons. The predicted molar refractivity (Wildman–Crippen MR) is 84.4 cm³/mol. The van der Waals surface area contributed by atoms with Crippen molar-refractivity contribution in [2.75, 3.05) is 6.54 Å². The molecule has 2 atom stereocenters. The van der Waals surface area contributed by atoms with Gasteiger partial charge in [0.05, 0.1) is 0 Å². The van der Waals surface area contributed by atoms with Gasteiger partial charge in [0.25, 0.3) is 0 Å². The zero-order chi connectivity index (χ0) is 14.3. The van der Waals surface area contributed by atoms with Gasteiger partial charge >= 0.3 is 0 Å². The lowest BCUT2D eigenvalue weighted by molar-refractivity contribution is 0.203. The zero-order valence-corrected chi connectivity index (χ0v) is 13.1. The van der Waals surface area contributed by atoms with Gasteiger partial charge in [0.15, 0.2) is 0 Å². The average Bonchev–Trinajstić information content (AvgIpc) is 2.68. The van der Waals surface area contributed by atoms with Crippen molar-refractivity contribution in [1.29, 1.82) is 0 Å². The minimum absolute atomic E-state index is 0.182. The second-order valence-electron chi connectivity index (χ2n) is 6.91. The molecule has 0 aliphatic heterocycles. The van der Waals surface area contributed by atoms with Crippen molar-refractivity contribution in [3.05, 3.63) is 35.0 Å². The van der Waals surface area contributed by atoms with Gasteiger partial charge in [-0.2, -0.15) is 0 Å². The summed E-state index contributed by atoms with van der Waals surface area (Å²) in [6.07, 6.45) is 2.51. The van der Waals surface area contributed by atoms with Crippen LogP contribution in [0.25, 0.3) is 11.0 Å². The Morgan fingerprint density at radius 2 is 2.05 bits per heavy atom. The monoisotopic (exact) mass is 291 g/mol. The summed E-state index contributed by atoms with van der Waals surface area (Å²) < 4.78 is 6.00. The number of rotatable bonds is 3. The summed E-state index contributed by atoms with van der Waals surface area (Å²) in [6.45, 7) is 7.70. The van der Waals surface area contributed by atoms with E-state index < -0.39 is 0 Å². The minimum Gasteiger partial charge on any atom is -0.461 e. The Hall–Kier alpha value is -0.990. The summed E-state index contributed by atoms with van der Waals surface area (Å²) in [7, 11) is 0. The Morgan fingerprint density at radius 3 is 2.70 bits per heavy atom. The van der Waals surface area contributed by atoms with Crippen LogP contribution in [0.15, 0.2) is 28.7 Å². The average molecular weight is 292 g/mol. The lowest BCUT2D eigenvalue weighted by atomic mass is 9.72. The second kappa shape index (κ2) is 5.09. The van der Waals surface area contributed by atoms with Gasteiger partial charge in [-0.1, -0.05) is 11.6 Å². The molecule has 1 saturated carbocycles. The highest BCUT2D eigenvalue weighted by Crippen LogP contribution is 2.44. The fourth-order valence-electron chi connectivity index (χ4n) is 2.84. The molecule has 2 nitrogen and oxygen atoms in total. The Labute approximate surface area is 125 Å². The topological polar surface area (TPSA) is 25.2 Å². The van der Waals surface area contributed by atoms with E-state index in [1.807, 2.05) is 18.2 Å². The van der Waals surface area contributed by atoms with Crippen molar-refractivity contribution in [3.63, 3.8) is 0 Å². The molecule has 1 aromatic heterocycles. The first kappa shape index (κ1) is 14.0. The molecule has 3 rings (SSSR count). The van der Waals surface area contributed by atoms with Crippen LogP contribution in [-0.2, 0) is 0 Å². The molecule has 0 spiro atoms. The van der Waals surface area contributed by atoms with Crippen molar-refractivity contribution in [2.24, 2.45) is 5.92 Å². The number of fused-ring (bicyclic) bond motifs is 1. The van der Waals surface area contributed by atoms with Gasteiger partial charge in [0, 0.05) is 21.9 Å². The first-order chi connectivity index (χ1) is 9.42. The Balaban J connectivity index is 1.74. The third kappa shape index (κ3) is 2.87. The minimum atomic E-state index is 0.182. The van der Waals surface area contributed by atoms with Crippen LogP contribution >= 0.6 is 11.6 Å². The van der Waals surface area contributed by atoms with Crippen LogP contribution in [0.2, 0.25) is 5.02 Å². The van der Waals surface area contributed by atoms with Crippen LogP contribution in [0, 0.1) is 5.92 Å². The fraction of sp³-hybridized carbons (Fsp3) is 0.529. The van der Waals surface area contributed by atoms with Crippen LogP contribution in [-0.4, -0.2) is 12.1 Å². The van der Waals surface area contributed by atoms with Gasteiger partial charge in [-0.3, -0.25) is 0 Å². The molecule has 2 unspecified atom stereocenters. The van der Waals surface area contributed by atoms with E-state index in [1.165, 1.54) is 12.8 Å². The summed E-state index contributed by atoms with van der Waals surface area (Å²) in [4.78, 5) is 0. The predicted octanol–water partition coefficient (Wildman–Crippen LogP) is 4.97. The Kier molecular flexibility index (Phi) is 3.55. The highest BCUT2D eigenvalue weighted by Gasteiger charge is 2.34.